The molecule has 1 amide bonds. The maximum absolute atomic E-state index is 12.0. The summed E-state index contributed by atoms with van der Waals surface area (Å²) in [6.07, 6.45) is 2.33. The molecule has 2 aromatic rings. The smallest absolute Gasteiger partial charge is 0.253 e. The van der Waals surface area contributed by atoms with Gasteiger partial charge in [-0.3, -0.25) is 9.79 Å². The molecule has 1 heterocycles. The number of hydrogen-bond donors (Lipinski definition) is 2. The van der Waals surface area contributed by atoms with Gasteiger partial charge in [0, 0.05) is 52.3 Å². The summed E-state index contributed by atoms with van der Waals surface area (Å²) in [6.45, 7) is 2.25. The van der Waals surface area contributed by atoms with Crippen LogP contribution in [0.25, 0.3) is 0 Å². The summed E-state index contributed by atoms with van der Waals surface area (Å²) in [5.74, 6) is 1.17. The standard InChI is InChI=1S/C24H32N4O2.HI/c1-25-24(26-16-18-11-13-20(14-12-18)23(29)28(2)3)27-17-21-10-7-15-30-22(21)19-8-5-4-6-9-19;/h4-6,8-9,11-14,21-22H,7,10,15-17H2,1-3H3,(H2,25,26,27);1H. The third kappa shape index (κ3) is 7.21. The van der Waals surface area contributed by atoms with E-state index in [1.807, 2.05) is 30.3 Å². The highest BCUT2D eigenvalue weighted by atomic mass is 127. The maximum atomic E-state index is 12.0. The second-order valence-electron chi connectivity index (χ2n) is 7.81. The highest BCUT2D eigenvalue weighted by Gasteiger charge is 2.27. The number of hydrogen-bond acceptors (Lipinski definition) is 3. The number of carbonyl (C=O) groups is 1. The average Bonchev–Trinajstić information content (AvgIpc) is 2.80. The lowest BCUT2D eigenvalue weighted by atomic mass is 9.89. The number of ether oxygens (including phenoxy) is 1. The lowest BCUT2D eigenvalue weighted by Gasteiger charge is -2.32. The number of halogens is 1. The molecular formula is C24H33IN4O2. The van der Waals surface area contributed by atoms with Crippen molar-refractivity contribution >= 4 is 35.8 Å². The predicted octanol–water partition coefficient (Wildman–Crippen LogP) is 3.84. The van der Waals surface area contributed by atoms with Crippen LogP contribution in [0.3, 0.4) is 0 Å². The predicted molar refractivity (Wildman–Crippen MR) is 136 cm³/mol. The van der Waals surface area contributed by atoms with Gasteiger partial charge in [0.15, 0.2) is 5.96 Å². The van der Waals surface area contributed by atoms with Crippen LogP contribution < -0.4 is 10.6 Å². The SMILES string of the molecule is CN=C(NCc1ccc(C(=O)N(C)C)cc1)NCC1CCCOC1c1ccccc1.I. The second-order valence-corrected chi connectivity index (χ2v) is 7.81. The van der Waals surface area contributed by atoms with Crippen LogP contribution in [0.2, 0.25) is 0 Å². The zero-order valence-corrected chi connectivity index (χ0v) is 20.8. The largest absolute Gasteiger partial charge is 0.373 e. The first-order valence-electron chi connectivity index (χ1n) is 10.5. The topological polar surface area (TPSA) is 66.0 Å². The quantitative estimate of drug-likeness (QED) is 0.335. The van der Waals surface area contributed by atoms with Crippen molar-refractivity contribution in [1.29, 1.82) is 0 Å². The summed E-state index contributed by atoms with van der Waals surface area (Å²) >= 11 is 0. The molecule has 0 spiro atoms. The molecule has 3 rings (SSSR count). The lowest BCUT2D eigenvalue weighted by Crippen LogP contribution is -2.41. The van der Waals surface area contributed by atoms with Crippen LogP contribution in [0.5, 0.6) is 0 Å². The van der Waals surface area contributed by atoms with E-state index in [9.17, 15) is 4.79 Å². The molecule has 0 aliphatic carbocycles. The van der Waals surface area contributed by atoms with Crippen molar-refractivity contribution in [2.24, 2.45) is 10.9 Å². The fraction of sp³-hybridized carbons (Fsp3) is 0.417. The molecule has 168 valence electrons. The monoisotopic (exact) mass is 536 g/mol. The molecule has 2 aromatic carbocycles. The van der Waals surface area contributed by atoms with E-state index >= 15 is 0 Å². The van der Waals surface area contributed by atoms with E-state index in [1.165, 1.54) is 5.56 Å². The number of nitrogens with one attached hydrogen (secondary N) is 2. The average molecular weight is 536 g/mol. The molecule has 0 radical (unpaired) electrons. The summed E-state index contributed by atoms with van der Waals surface area (Å²) in [5.41, 5.74) is 3.02. The number of benzene rings is 2. The number of aliphatic imine (C=N–C) groups is 1. The van der Waals surface area contributed by atoms with Gasteiger partial charge in [-0.2, -0.15) is 0 Å². The van der Waals surface area contributed by atoms with Gasteiger partial charge >= 0.3 is 0 Å². The Bertz CT molecular complexity index is 840. The van der Waals surface area contributed by atoms with Gasteiger partial charge in [0.2, 0.25) is 0 Å². The van der Waals surface area contributed by atoms with E-state index < -0.39 is 0 Å². The molecule has 2 atom stereocenters. The normalized spacial score (nSPS) is 18.6. The van der Waals surface area contributed by atoms with Crippen LogP contribution in [-0.4, -0.2) is 51.1 Å². The first kappa shape index (κ1) is 25.1. The Balaban J connectivity index is 0.00000341. The van der Waals surface area contributed by atoms with Gasteiger partial charge in [-0.25, -0.2) is 0 Å². The Morgan fingerprint density at radius 1 is 1.10 bits per heavy atom. The number of nitrogens with zero attached hydrogens (tertiary/aromatic N) is 2. The van der Waals surface area contributed by atoms with Crippen LogP contribution in [0, 0.1) is 5.92 Å². The van der Waals surface area contributed by atoms with Crippen molar-refractivity contribution in [3.8, 4) is 0 Å². The second kappa shape index (κ2) is 12.7. The number of carbonyl (C=O) groups excluding carboxylic acids is 1. The van der Waals surface area contributed by atoms with Crippen molar-refractivity contribution in [2.75, 3.05) is 34.3 Å². The van der Waals surface area contributed by atoms with E-state index in [0.717, 1.165) is 37.5 Å². The molecule has 31 heavy (non-hydrogen) atoms. The summed E-state index contributed by atoms with van der Waals surface area (Å²) < 4.78 is 6.09. The molecule has 0 saturated carbocycles. The Kier molecular flexibility index (Phi) is 10.3. The fourth-order valence-electron chi connectivity index (χ4n) is 3.72. The fourth-order valence-corrected chi connectivity index (χ4v) is 3.72. The molecule has 2 N–H and O–H groups in total. The van der Waals surface area contributed by atoms with Crippen LogP contribution in [-0.2, 0) is 11.3 Å². The number of rotatable bonds is 6. The first-order chi connectivity index (χ1) is 14.6. The Morgan fingerprint density at radius 2 is 1.81 bits per heavy atom. The molecule has 1 aliphatic rings. The van der Waals surface area contributed by atoms with Gasteiger partial charge in [-0.1, -0.05) is 42.5 Å². The number of amides is 1. The molecule has 6 nitrogen and oxygen atoms in total. The zero-order valence-electron chi connectivity index (χ0n) is 18.5. The molecule has 7 heteroatoms. The molecule has 1 saturated heterocycles. The first-order valence-corrected chi connectivity index (χ1v) is 10.5. The summed E-state index contributed by atoms with van der Waals surface area (Å²) in [4.78, 5) is 17.9. The van der Waals surface area contributed by atoms with Crippen LogP contribution in [0.4, 0.5) is 0 Å². The summed E-state index contributed by atoms with van der Waals surface area (Å²) in [7, 11) is 5.29. The minimum absolute atomic E-state index is 0. The van der Waals surface area contributed by atoms with Gasteiger partial charge in [0.05, 0.1) is 6.10 Å². The minimum Gasteiger partial charge on any atom is -0.373 e. The lowest BCUT2D eigenvalue weighted by molar-refractivity contribution is -0.0265. The zero-order chi connectivity index (χ0) is 21.3. The van der Waals surface area contributed by atoms with Gasteiger partial charge in [0.25, 0.3) is 5.91 Å². The van der Waals surface area contributed by atoms with Crippen LogP contribution in [0.15, 0.2) is 59.6 Å². The molecule has 0 aromatic heterocycles. The molecule has 1 fully saturated rings. The van der Waals surface area contributed by atoms with Crippen molar-refractivity contribution in [3.05, 3.63) is 71.3 Å². The van der Waals surface area contributed by atoms with E-state index in [0.29, 0.717) is 18.0 Å². The van der Waals surface area contributed by atoms with Crippen molar-refractivity contribution in [3.63, 3.8) is 0 Å². The van der Waals surface area contributed by atoms with E-state index in [4.69, 9.17) is 4.74 Å². The van der Waals surface area contributed by atoms with Crippen molar-refractivity contribution in [2.45, 2.75) is 25.5 Å². The molecular weight excluding hydrogens is 503 g/mol. The van der Waals surface area contributed by atoms with E-state index in [-0.39, 0.29) is 36.0 Å². The molecule has 0 bridgehead atoms. The van der Waals surface area contributed by atoms with Crippen LogP contribution >= 0.6 is 24.0 Å². The maximum Gasteiger partial charge on any atom is 0.253 e. The van der Waals surface area contributed by atoms with Gasteiger partial charge in [-0.15, -0.1) is 24.0 Å². The third-order valence-corrected chi connectivity index (χ3v) is 5.40. The Morgan fingerprint density at radius 3 is 2.45 bits per heavy atom. The third-order valence-electron chi connectivity index (χ3n) is 5.40. The van der Waals surface area contributed by atoms with Crippen LogP contribution in [0.1, 0.15) is 40.4 Å². The summed E-state index contributed by atoms with van der Waals surface area (Å²) in [6, 6.07) is 18.1. The molecule has 1 aliphatic heterocycles. The van der Waals surface area contributed by atoms with Gasteiger partial charge in [-0.05, 0) is 36.1 Å². The Labute approximate surface area is 202 Å². The van der Waals surface area contributed by atoms with Crippen molar-refractivity contribution < 1.29 is 9.53 Å². The number of guanidine groups is 1. The molecule has 2 unspecified atom stereocenters. The van der Waals surface area contributed by atoms with Crippen molar-refractivity contribution in [1.82, 2.24) is 15.5 Å². The van der Waals surface area contributed by atoms with Gasteiger partial charge < -0.3 is 20.3 Å². The summed E-state index contributed by atoms with van der Waals surface area (Å²) in [5, 5.41) is 6.81. The Hall–Kier alpha value is -2.13. The minimum atomic E-state index is 0. The van der Waals surface area contributed by atoms with E-state index in [2.05, 4.69) is 39.9 Å². The highest BCUT2D eigenvalue weighted by Crippen LogP contribution is 2.33. The van der Waals surface area contributed by atoms with E-state index in [1.54, 1.807) is 26.0 Å². The van der Waals surface area contributed by atoms with Gasteiger partial charge in [0.1, 0.15) is 0 Å². The highest BCUT2D eigenvalue weighted by molar-refractivity contribution is 14.0.